The van der Waals surface area contributed by atoms with Gasteiger partial charge >= 0.3 is 0 Å². The number of hydrogen-bond acceptors (Lipinski definition) is 2. The highest BCUT2D eigenvalue weighted by Crippen LogP contribution is 2.42. The third-order valence-electron chi connectivity index (χ3n) is 3.68. The molecule has 0 nitrogen and oxygen atoms in total. The predicted molar refractivity (Wildman–Crippen MR) is 86.6 cm³/mol. The first kappa shape index (κ1) is 14.9. The maximum absolute atomic E-state index is 6.20. The molecule has 0 N–H and O–H groups in total. The Morgan fingerprint density at radius 2 is 1.89 bits per heavy atom. The lowest BCUT2D eigenvalue weighted by atomic mass is 9.77. The van der Waals surface area contributed by atoms with Crippen LogP contribution in [0.1, 0.15) is 32.1 Å². The van der Waals surface area contributed by atoms with Crippen molar-refractivity contribution in [2.24, 2.45) is 5.41 Å². The summed E-state index contributed by atoms with van der Waals surface area (Å²) in [4.78, 5) is 1.09. The Labute approximate surface area is 129 Å². The van der Waals surface area contributed by atoms with Crippen molar-refractivity contribution in [2.45, 2.75) is 37.0 Å². The van der Waals surface area contributed by atoms with Crippen LogP contribution in [-0.4, -0.2) is 11.5 Å². The summed E-state index contributed by atoms with van der Waals surface area (Å²) < 4.78 is 0. The van der Waals surface area contributed by atoms with Crippen LogP contribution in [0.2, 0.25) is 10.0 Å². The molecule has 0 saturated heterocycles. The molecule has 1 fully saturated rings. The maximum atomic E-state index is 6.20. The summed E-state index contributed by atoms with van der Waals surface area (Å²) in [6.07, 6.45) is 6.64. The average molecular weight is 321 g/mol. The number of rotatable bonds is 4. The fraction of sp³-hybridized carbons (Fsp3) is 0.571. The van der Waals surface area contributed by atoms with Crippen molar-refractivity contribution in [1.29, 1.82) is 0 Å². The molecular formula is C14H18Cl2S2. The van der Waals surface area contributed by atoms with Crippen LogP contribution in [0.4, 0.5) is 0 Å². The first-order chi connectivity index (χ1) is 8.65. The van der Waals surface area contributed by atoms with Gasteiger partial charge in [0.1, 0.15) is 0 Å². The minimum absolute atomic E-state index is 0.387. The van der Waals surface area contributed by atoms with E-state index in [0.717, 1.165) is 26.4 Å². The summed E-state index contributed by atoms with van der Waals surface area (Å²) in [5.41, 5.74) is 0.387. The minimum Gasteiger partial charge on any atom is -0.179 e. The lowest BCUT2D eigenvalue weighted by Gasteiger charge is -2.35. The Hall–Kier alpha value is 0.500. The van der Waals surface area contributed by atoms with Crippen LogP contribution in [-0.2, 0) is 0 Å². The normalized spacial score (nSPS) is 18.8. The fourth-order valence-electron chi connectivity index (χ4n) is 2.47. The molecule has 0 aliphatic heterocycles. The molecule has 0 heterocycles. The van der Waals surface area contributed by atoms with Crippen molar-refractivity contribution in [3.63, 3.8) is 0 Å². The molecule has 0 bridgehead atoms. The summed E-state index contributed by atoms with van der Waals surface area (Å²) in [7, 11) is 0. The van der Waals surface area contributed by atoms with E-state index in [0.29, 0.717) is 5.41 Å². The Bertz CT molecular complexity index is 401. The van der Waals surface area contributed by atoms with Crippen molar-refractivity contribution >= 4 is 47.6 Å². The van der Waals surface area contributed by atoms with Crippen LogP contribution < -0.4 is 0 Å². The van der Waals surface area contributed by atoms with Gasteiger partial charge in [0.15, 0.2) is 0 Å². The Kier molecular flexibility index (Phi) is 5.62. The zero-order chi connectivity index (χ0) is 13.0. The monoisotopic (exact) mass is 320 g/mol. The lowest BCUT2D eigenvalue weighted by Crippen LogP contribution is -2.28. The van der Waals surface area contributed by atoms with Gasteiger partial charge in [-0.25, -0.2) is 0 Å². The van der Waals surface area contributed by atoms with E-state index >= 15 is 0 Å². The number of halogens is 2. The van der Waals surface area contributed by atoms with Gasteiger partial charge in [-0.2, -0.15) is 12.6 Å². The number of thiol groups is 1. The van der Waals surface area contributed by atoms with E-state index in [2.05, 4.69) is 12.6 Å². The van der Waals surface area contributed by atoms with E-state index in [4.69, 9.17) is 23.2 Å². The van der Waals surface area contributed by atoms with Crippen molar-refractivity contribution in [2.75, 3.05) is 11.5 Å². The summed E-state index contributed by atoms with van der Waals surface area (Å²) in [6, 6.07) is 5.67. The van der Waals surface area contributed by atoms with Gasteiger partial charge in [-0.1, -0.05) is 42.5 Å². The molecule has 0 aromatic heterocycles. The van der Waals surface area contributed by atoms with E-state index in [9.17, 15) is 0 Å². The van der Waals surface area contributed by atoms with Crippen LogP contribution in [0.3, 0.4) is 0 Å². The smallest absolute Gasteiger partial charge is 0.0542 e. The summed E-state index contributed by atoms with van der Waals surface area (Å²) in [5, 5.41) is 1.56. The molecular weight excluding hydrogens is 303 g/mol. The highest BCUT2D eigenvalue weighted by molar-refractivity contribution is 7.99. The molecule has 0 radical (unpaired) electrons. The predicted octanol–water partition coefficient (Wildman–Crippen LogP) is 5.97. The summed E-state index contributed by atoms with van der Waals surface area (Å²) >= 11 is 18.6. The van der Waals surface area contributed by atoms with Gasteiger partial charge in [0.05, 0.1) is 5.02 Å². The van der Waals surface area contributed by atoms with Gasteiger partial charge in [-0.15, -0.1) is 11.8 Å². The first-order valence-electron chi connectivity index (χ1n) is 6.34. The third kappa shape index (κ3) is 3.75. The zero-order valence-electron chi connectivity index (χ0n) is 10.3. The molecule has 0 spiro atoms. The average Bonchev–Trinajstić information content (AvgIpc) is 2.41. The quantitative estimate of drug-likeness (QED) is 0.527. The zero-order valence-corrected chi connectivity index (χ0v) is 13.5. The number of benzene rings is 1. The van der Waals surface area contributed by atoms with E-state index < -0.39 is 0 Å². The lowest BCUT2D eigenvalue weighted by molar-refractivity contribution is 0.259. The van der Waals surface area contributed by atoms with E-state index in [1.54, 1.807) is 0 Å². The molecule has 1 saturated carbocycles. The van der Waals surface area contributed by atoms with Crippen molar-refractivity contribution < 1.29 is 0 Å². The maximum Gasteiger partial charge on any atom is 0.0542 e. The first-order valence-corrected chi connectivity index (χ1v) is 8.71. The fourth-order valence-corrected chi connectivity index (χ4v) is 4.83. The summed E-state index contributed by atoms with van der Waals surface area (Å²) in [5.74, 6) is 2.06. The molecule has 0 atom stereocenters. The van der Waals surface area contributed by atoms with Crippen LogP contribution in [0.15, 0.2) is 23.1 Å². The molecule has 0 unspecified atom stereocenters. The van der Waals surface area contributed by atoms with Crippen molar-refractivity contribution in [1.82, 2.24) is 0 Å². The molecule has 0 amide bonds. The van der Waals surface area contributed by atoms with Gasteiger partial charge in [0.2, 0.25) is 0 Å². The molecule has 1 aliphatic carbocycles. The second-order valence-electron chi connectivity index (χ2n) is 5.08. The van der Waals surface area contributed by atoms with Crippen LogP contribution in [0, 0.1) is 5.41 Å². The highest BCUT2D eigenvalue weighted by atomic mass is 35.5. The van der Waals surface area contributed by atoms with Gasteiger partial charge in [-0.3, -0.25) is 0 Å². The van der Waals surface area contributed by atoms with Crippen molar-refractivity contribution in [3.8, 4) is 0 Å². The Morgan fingerprint density at radius 1 is 1.17 bits per heavy atom. The molecule has 100 valence electrons. The Morgan fingerprint density at radius 3 is 2.56 bits per heavy atom. The molecule has 4 heteroatoms. The Balaban J connectivity index is 2.03. The molecule has 18 heavy (non-hydrogen) atoms. The number of hydrogen-bond donors (Lipinski definition) is 1. The number of thioether (sulfide) groups is 1. The third-order valence-corrected chi connectivity index (χ3v) is 6.43. The summed E-state index contributed by atoms with van der Waals surface area (Å²) in [6.45, 7) is 0. The second kappa shape index (κ2) is 6.78. The second-order valence-corrected chi connectivity index (χ2v) is 7.26. The van der Waals surface area contributed by atoms with Gasteiger partial charge in [0.25, 0.3) is 0 Å². The van der Waals surface area contributed by atoms with Crippen LogP contribution >= 0.6 is 47.6 Å². The molecule has 2 rings (SSSR count). The molecule has 1 aromatic carbocycles. The highest BCUT2D eigenvalue weighted by Gasteiger charge is 2.30. The molecule has 1 aliphatic rings. The minimum atomic E-state index is 0.387. The molecule has 1 aromatic rings. The van der Waals surface area contributed by atoms with Gasteiger partial charge in [-0.05, 0) is 42.2 Å². The SMILES string of the molecule is SCC1(CSc2cc(Cl)ccc2Cl)CCCCC1. The van der Waals surface area contributed by atoms with Crippen LogP contribution in [0.25, 0.3) is 0 Å². The van der Waals surface area contributed by atoms with Crippen molar-refractivity contribution in [3.05, 3.63) is 28.2 Å². The largest absolute Gasteiger partial charge is 0.179 e. The van der Waals surface area contributed by atoms with E-state index in [1.165, 1.54) is 32.1 Å². The van der Waals surface area contributed by atoms with Gasteiger partial charge in [0, 0.05) is 15.7 Å². The topological polar surface area (TPSA) is 0 Å². The van der Waals surface area contributed by atoms with E-state index in [1.807, 2.05) is 30.0 Å². The van der Waals surface area contributed by atoms with E-state index in [-0.39, 0.29) is 0 Å². The van der Waals surface area contributed by atoms with Gasteiger partial charge < -0.3 is 0 Å². The standard InChI is InChI=1S/C14H18Cl2S2/c15-11-4-5-12(16)13(8-11)18-10-14(9-17)6-2-1-3-7-14/h4-5,8,17H,1-3,6-7,9-10H2. The van der Waals surface area contributed by atoms with Crippen LogP contribution in [0.5, 0.6) is 0 Å².